The average molecular weight is 270 g/mol. The van der Waals surface area contributed by atoms with E-state index in [-0.39, 0.29) is 17.9 Å². The molecule has 1 unspecified atom stereocenters. The molecule has 2 aliphatic heterocycles. The van der Waals surface area contributed by atoms with Crippen LogP contribution < -0.4 is 10.6 Å². The minimum Gasteiger partial charge on any atom is -0.353 e. The van der Waals surface area contributed by atoms with Gasteiger partial charge in [-0.2, -0.15) is 0 Å². The summed E-state index contributed by atoms with van der Waals surface area (Å²) in [5.74, 6) is 2.02. The molecule has 3 fully saturated rings. The zero-order valence-electron chi connectivity index (χ0n) is 10.7. The zero-order chi connectivity index (χ0) is 12.6. The lowest BCUT2D eigenvalue weighted by Crippen LogP contribution is -2.41. The predicted octanol–water partition coefficient (Wildman–Crippen LogP) is 0.403. The van der Waals surface area contributed by atoms with Crippen LogP contribution in [0.25, 0.3) is 0 Å². The highest BCUT2D eigenvalue weighted by atomic mass is 32.2. The van der Waals surface area contributed by atoms with E-state index in [1.165, 1.54) is 0 Å². The third kappa shape index (κ3) is 2.48. The molecule has 1 amide bonds. The SMILES string of the molecule is O=C(NC1CCS(=O)CC1)C1CC12CCNCC2. The molecule has 102 valence electrons. The van der Waals surface area contributed by atoms with Gasteiger partial charge in [0.2, 0.25) is 5.91 Å². The van der Waals surface area contributed by atoms with Crippen molar-refractivity contribution in [1.29, 1.82) is 0 Å². The van der Waals surface area contributed by atoms with Gasteiger partial charge < -0.3 is 10.6 Å². The average Bonchev–Trinajstić information content (AvgIpc) is 3.07. The summed E-state index contributed by atoms with van der Waals surface area (Å²) < 4.78 is 11.3. The number of hydrogen-bond acceptors (Lipinski definition) is 3. The molecule has 4 nitrogen and oxygen atoms in total. The Bertz CT molecular complexity index is 356. The largest absolute Gasteiger partial charge is 0.353 e. The van der Waals surface area contributed by atoms with Crippen molar-refractivity contribution in [2.45, 2.75) is 38.1 Å². The third-order valence-corrected chi connectivity index (χ3v) is 6.22. The van der Waals surface area contributed by atoms with E-state index in [4.69, 9.17) is 0 Å². The van der Waals surface area contributed by atoms with Crippen LogP contribution in [-0.4, -0.2) is 40.8 Å². The van der Waals surface area contributed by atoms with Crippen LogP contribution in [0.1, 0.15) is 32.1 Å². The quantitative estimate of drug-likeness (QED) is 0.764. The molecule has 1 spiro atoms. The van der Waals surface area contributed by atoms with Crippen molar-refractivity contribution < 1.29 is 9.00 Å². The summed E-state index contributed by atoms with van der Waals surface area (Å²) in [5.41, 5.74) is 0.326. The Morgan fingerprint density at radius 3 is 2.56 bits per heavy atom. The van der Waals surface area contributed by atoms with Crippen LogP contribution in [0.2, 0.25) is 0 Å². The molecule has 2 saturated heterocycles. The van der Waals surface area contributed by atoms with Gasteiger partial charge in [-0.25, -0.2) is 0 Å². The molecule has 3 rings (SSSR count). The lowest BCUT2D eigenvalue weighted by molar-refractivity contribution is -0.124. The fraction of sp³-hybridized carbons (Fsp3) is 0.923. The summed E-state index contributed by atoms with van der Waals surface area (Å²) in [6.45, 7) is 2.12. The molecule has 2 heterocycles. The van der Waals surface area contributed by atoms with E-state index in [1.54, 1.807) is 0 Å². The smallest absolute Gasteiger partial charge is 0.223 e. The predicted molar refractivity (Wildman–Crippen MR) is 71.7 cm³/mol. The van der Waals surface area contributed by atoms with Crippen molar-refractivity contribution >= 4 is 16.7 Å². The summed E-state index contributed by atoms with van der Waals surface area (Å²) in [4.78, 5) is 12.2. The minimum atomic E-state index is -0.641. The molecule has 1 aliphatic carbocycles. The summed E-state index contributed by atoms with van der Waals surface area (Å²) in [7, 11) is -0.641. The van der Waals surface area contributed by atoms with Crippen LogP contribution in [0.3, 0.4) is 0 Å². The van der Waals surface area contributed by atoms with Crippen molar-refractivity contribution in [3.05, 3.63) is 0 Å². The normalized spacial score (nSPS) is 38.3. The van der Waals surface area contributed by atoms with Crippen LogP contribution in [-0.2, 0) is 15.6 Å². The van der Waals surface area contributed by atoms with Crippen LogP contribution in [0, 0.1) is 11.3 Å². The minimum absolute atomic E-state index is 0.257. The van der Waals surface area contributed by atoms with E-state index in [9.17, 15) is 9.00 Å². The highest BCUT2D eigenvalue weighted by Crippen LogP contribution is 2.58. The van der Waals surface area contributed by atoms with Gasteiger partial charge in [-0.05, 0) is 50.6 Å². The molecule has 0 radical (unpaired) electrons. The molecule has 0 bridgehead atoms. The maximum Gasteiger partial charge on any atom is 0.223 e. The fourth-order valence-corrected chi connectivity index (χ4v) is 4.73. The van der Waals surface area contributed by atoms with E-state index >= 15 is 0 Å². The highest BCUT2D eigenvalue weighted by molar-refractivity contribution is 7.85. The molecular weight excluding hydrogens is 248 g/mol. The van der Waals surface area contributed by atoms with Gasteiger partial charge in [0.15, 0.2) is 0 Å². The van der Waals surface area contributed by atoms with E-state index in [1.807, 2.05) is 0 Å². The number of piperidine rings is 1. The third-order valence-electron chi connectivity index (χ3n) is 4.84. The Morgan fingerprint density at radius 1 is 1.22 bits per heavy atom. The molecule has 0 aromatic rings. The van der Waals surface area contributed by atoms with Crippen molar-refractivity contribution in [2.75, 3.05) is 24.6 Å². The summed E-state index contributed by atoms with van der Waals surface area (Å²) in [6.07, 6.45) is 5.16. The van der Waals surface area contributed by atoms with Crippen LogP contribution in [0.15, 0.2) is 0 Å². The molecule has 5 heteroatoms. The summed E-state index contributed by atoms with van der Waals surface area (Å²) >= 11 is 0. The molecule has 2 N–H and O–H groups in total. The van der Waals surface area contributed by atoms with Gasteiger partial charge in [0.05, 0.1) is 0 Å². The summed E-state index contributed by atoms with van der Waals surface area (Å²) in [6, 6.07) is 0.273. The first-order valence-corrected chi connectivity index (χ1v) is 8.54. The molecule has 0 aromatic heterocycles. The van der Waals surface area contributed by atoms with Gasteiger partial charge in [-0.1, -0.05) is 0 Å². The van der Waals surface area contributed by atoms with Crippen molar-refractivity contribution in [1.82, 2.24) is 10.6 Å². The number of carbonyl (C=O) groups excluding carboxylic acids is 1. The Balaban J connectivity index is 1.49. The standard InChI is InChI=1S/C13H22N2O2S/c16-12(15-10-1-7-18(17)8-2-10)11-9-13(11)3-5-14-6-4-13/h10-11,14H,1-9H2,(H,15,16). The van der Waals surface area contributed by atoms with E-state index in [2.05, 4.69) is 10.6 Å². The first-order chi connectivity index (χ1) is 8.70. The fourth-order valence-electron chi connectivity index (χ4n) is 3.44. The number of amides is 1. The maximum atomic E-state index is 12.2. The number of rotatable bonds is 2. The van der Waals surface area contributed by atoms with Gasteiger partial charge in [0.1, 0.15) is 0 Å². The molecule has 1 saturated carbocycles. The Morgan fingerprint density at radius 2 is 1.89 bits per heavy atom. The molecule has 1 atom stereocenters. The highest BCUT2D eigenvalue weighted by Gasteiger charge is 2.57. The van der Waals surface area contributed by atoms with Gasteiger partial charge in [0, 0.05) is 34.3 Å². The van der Waals surface area contributed by atoms with Crippen molar-refractivity contribution in [2.24, 2.45) is 11.3 Å². The maximum absolute atomic E-state index is 12.2. The van der Waals surface area contributed by atoms with Crippen LogP contribution >= 0.6 is 0 Å². The molecule has 0 aromatic carbocycles. The molecule has 3 aliphatic rings. The topological polar surface area (TPSA) is 58.2 Å². The Hall–Kier alpha value is -0.420. The van der Waals surface area contributed by atoms with Crippen molar-refractivity contribution in [3.8, 4) is 0 Å². The van der Waals surface area contributed by atoms with Gasteiger partial charge in [-0.3, -0.25) is 9.00 Å². The second-order valence-electron chi connectivity index (χ2n) is 6.00. The van der Waals surface area contributed by atoms with E-state index in [0.717, 1.165) is 56.7 Å². The lowest BCUT2D eigenvalue weighted by Gasteiger charge is -2.25. The lowest BCUT2D eigenvalue weighted by atomic mass is 9.91. The van der Waals surface area contributed by atoms with Crippen LogP contribution in [0.5, 0.6) is 0 Å². The van der Waals surface area contributed by atoms with Gasteiger partial charge in [0.25, 0.3) is 0 Å². The summed E-state index contributed by atoms with van der Waals surface area (Å²) in [5, 5.41) is 6.54. The zero-order valence-corrected chi connectivity index (χ0v) is 11.6. The van der Waals surface area contributed by atoms with Gasteiger partial charge in [-0.15, -0.1) is 0 Å². The Kier molecular flexibility index (Phi) is 3.45. The van der Waals surface area contributed by atoms with Crippen LogP contribution in [0.4, 0.5) is 0 Å². The second kappa shape index (κ2) is 4.93. The van der Waals surface area contributed by atoms with E-state index in [0.29, 0.717) is 5.41 Å². The molecular formula is C13H22N2O2S. The number of hydrogen-bond donors (Lipinski definition) is 2. The van der Waals surface area contributed by atoms with Crippen molar-refractivity contribution in [3.63, 3.8) is 0 Å². The number of nitrogens with one attached hydrogen (secondary N) is 2. The second-order valence-corrected chi connectivity index (χ2v) is 7.70. The Labute approximate surface area is 111 Å². The van der Waals surface area contributed by atoms with Gasteiger partial charge >= 0.3 is 0 Å². The first kappa shape index (κ1) is 12.6. The molecule has 18 heavy (non-hydrogen) atoms. The number of carbonyl (C=O) groups is 1. The first-order valence-electron chi connectivity index (χ1n) is 7.06. The monoisotopic (exact) mass is 270 g/mol. The van der Waals surface area contributed by atoms with E-state index < -0.39 is 10.8 Å².